The van der Waals surface area contributed by atoms with E-state index in [0.717, 1.165) is 6.42 Å². The first kappa shape index (κ1) is 22.8. The Bertz CT molecular complexity index is 985. The van der Waals surface area contributed by atoms with Crippen molar-refractivity contribution >= 4 is 46.8 Å². The van der Waals surface area contributed by atoms with Crippen LogP contribution < -0.4 is 16.0 Å². The van der Waals surface area contributed by atoms with Crippen molar-refractivity contribution < 1.29 is 18.7 Å². The molecular formula is C21H21Cl2FN4O3. The molecule has 3 rings (SSSR count). The molecule has 2 aromatic rings. The fraction of sp³-hybridized carbons (Fsp3) is 0.286. The Morgan fingerprint density at radius 1 is 1.10 bits per heavy atom. The lowest BCUT2D eigenvalue weighted by Gasteiger charge is -2.15. The van der Waals surface area contributed by atoms with E-state index in [1.807, 2.05) is 0 Å². The van der Waals surface area contributed by atoms with Gasteiger partial charge in [0.05, 0.1) is 23.2 Å². The van der Waals surface area contributed by atoms with Gasteiger partial charge in [0, 0.05) is 17.3 Å². The van der Waals surface area contributed by atoms with Crippen LogP contribution in [0.1, 0.15) is 29.6 Å². The smallest absolute Gasteiger partial charge is 0.407 e. The number of nitrogens with zero attached hydrogens (tertiary/aromatic N) is 1. The summed E-state index contributed by atoms with van der Waals surface area (Å²) in [6.07, 6.45) is 1.55. The van der Waals surface area contributed by atoms with Crippen LogP contribution >= 0.6 is 23.2 Å². The third kappa shape index (κ3) is 6.57. The topological polar surface area (TPSA) is 91.8 Å². The number of alkyl carbamates (subject to hydrolysis) is 1. The number of hydrogen-bond acceptors (Lipinski definition) is 4. The van der Waals surface area contributed by atoms with Crippen molar-refractivity contribution in [2.75, 3.05) is 12.4 Å². The second-order valence-electron chi connectivity index (χ2n) is 6.99. The third-order valence-corrected chi connectivity index (χ3v) is 5.48. The van der Waals surface area contributed by atoms with Crippen LogP contribution in [0.5, 0.6) is 0 Å². The number of amides is 2. The number of nitrogens with one attached hydrogen (secondary N) is 3. The predicted molar refractivity (Wildman–Crippen MR) is 118 cm³/mol. The molecule has 0 saturated heterocycles. The van der Waals surface area contributed by atoms with Crippen LogP contribution in [0, 0.1) is 5.82 Å². The van der Waals surface area contributed by atoms with E-state index < -0.39 is 17.8 Å². The number of ether oxygens (including phenoxy) is 1. The number of anilines is 1. The van der Waals surface area contributed by atoms with E-state index in [4.69, 9.17) is 23.2 Å². The molecule has 0 aliphatic heterocycles. The van der Waals surface area contributed by atoms with Crippen molar-refractivity contribution in [1.29, 1.82) is 0 Å². The summed E-state index contributed by atoms with van der Waals surface area (Å²) in [7, 11) is 1.31. The highest BCUT2D eigenvalue weighted by Crippen LogP contribution is 2.26. The van der Waals surface area contributed by atoms with E-state index in [2.05, 4.69) is 25.7 Å². The van der Waals surface area contributed by atoms with Gasteiger partial charge in [0.2, 0.25) is 5.96 Å². The highest BCUT2D eigenvalue weighted by molar-refractivity contribution is 6.42. The Morgan fingerprint density at radius 3 is 2.52 bits per heavy atom. The van der Waals surface area contributed by atoms with Crippen molar-refractivity contribution in [2.45, 2.75) is 31.3 Å². The van der Waals surface area contributed by atoms with Crippen molar-refractivity contribution in [3.8, 4) is 0 Å². The summed E-state index contributed by atoms with van der Waals surface area (Å²) < 4.78 is 17.8. The van der Waals surface area contributed by atoms with Gasteiger partial charge in [-0.1, -0.05) is 23.2 Å². The van der Waals surface area contributed by atoms with Gasteiger partial charge in [-0.2, -0.15) is 0 Å². The normalized spacial score (nSPS) is 18.4. The summed E-state index contributed by atoms with van der Waals surface area (Å²) in [6, 6.07) is 9.90. The molecule has 0 radical (unpaired) electrons. The molecule has 1 saturated carbocycles. The quantitative estimate of drug-likeness (QED) is 0.453. The fourth-order valence-corrected chi connectivity index (χ4v) is 3.50. The zero-order chi connectivity index (χ0) is 22.4. The van der Waals surface area contributed by atoms with Gasteiger partial charge in [0.1, 0.15) is 5.82 Å². The van der Waals surface area contributed by atoms with Gasteiger partial charge in [-0.05, 0) is 61.7 Å². The van der Waals surface area contributed by atoms with Crippen LogP contribution in [0.3, 0.4) is 0 Å². The van der Waals surface area contributed by atoms with E-state index in [1.54, 1.807) is 18.2 Å². The van der Waals surface area contributed by atoms with Crippen LogP contribution in [0.15, 0.2) is 47.5 Å². The van der Waals surface area contributed by atoms with Crippen molar-refractivity contribution in [2.24, 2.45) is 4.99 Å². The lowest BCUT2D eigenvalue weighted by atomic mass is 10.2. The van der Waals surface area contributed by atoms with Gasteiger partial charge in [0.15, 0.2) is 0 Å². The Morgan fingerprint density at radius 2 is 1.84 bits per heavy atom. The summed E-state index contributed by atoms with van der Waals surface area (Å²) >= 11 is 12.0. The highest BCUT2D eigenvalue weighted by Gasteiger charge is 2.26. The standard InChI is InChI=1S/C21H21Cl2FN4O3/c1-31-21(30)27-15-7-6-14(10-15)25-20(26-16-8-9-17(22)18(23)11-16)28-19(29)12-2-4-13(24)5-3-12/h2-5,8-9,11,14-15H,6-7,10H2,1H3,(H,27,30)(H2,25,26,28,29). The van der Waals surface area contributed by atoms with Crippen LogP contribution in [-0.4, -0.2) is 37.2 Å². The molecule has 2 unspecified atom stereocenters. The molecule has 31 heavy (non-hydrogen) atoms. The Balaban J connectivity index is 1.77. The monoisotopic (exact) mass is 466 g/mol. The molecular weight excluding hydrogens is 446 g/mol. The van der Waals surface area contributed by atoms with Gasteiger partial charge in [-0.25, -0.2) is 14.2 Å². The molecule has 0 spiro atoms. The van der Waals surface area contributed by atoms with E-state index in [-0.39, 0.29) is 23.6 Å². The Kier molecular flexibility index (Phi) is 7.70. The SMILES string of the molecule is COC(=O)NC1CCC(N=C(NC(=O)c2ccc(F)cc2)Nc2ccc(Cl)c(Cl)c2)C1. The molecule has 2 amide bonds. The van der Waals surface area contributed by atoms with Gasteiger partial charge in [0.25, 0.3) is 5.91 Å². The van der Waals surface area contributed by atoms with Crippen LogP contribution in [0.4, 0.5) is 14.9 Å². The van der Waals surface area contributed by atoms with E-state index in [9.17, 15) is 14.0 Å². The summed E-state index contributed by atoms with van der Waals surface area (Å²) in [5, 5.41) is 9.26. The summed E-state index contributed by atoms with van der Waals surface area (Å²) in [4.78, 5) is 28.7. The molecule has 0 aromatic heterocycles. The van der Waals surface area contributed by atoms with Crippen LogP contribution in [-0.2, 0) is 4.74 Å². The lowest BCUT2D eigenvalue weighted by molar-refractivity contribution is 0.0976. The van der Waals surface area contributed by atoms with Crippen molar-refractivity contribution in [3.63, 3.8) is 0 Å². The number of benzene rings is 2. The molecule has 164 valence electrons. The van der Waals surface area contributed by atoms with Gasteiger partial charge < -0.3 is 15.4 Å². The third-order valence-electron chi connectivity index (χ3n) is 4.74. The average molecular weight is 467 g/mol. The molecule has 0 heterocycles. The number of guanidine groups is 1. The van der Waals surface area contributed by atoms with Gasteiger partial charge in [-0.3, -0.25) is 10.1 Å². The van der Waals surface area contributed by atoms with Crippen molar-refractivity contribution in [3.05, 3.63) is 63.9 Å². The first-order chi connectivity index (χ1) is 14.8. The number of halogens is 3. The molecule has 2 aromatic carbocycles. The largest absolute Gasteiger partial charge is 0.453 e. The molecule has 2 atom stereocenters. The number of carbonyl (C=O) groups excluding carboxylic acids is 2. The fourth-order valence-electron chi connectivity index (χ4n) is 3.20. The molecule has 1 aliphatic rings. The van der Waals surface area contributed by atoms with Crippen LogP contribution in [0.25, 0.3) is 0 Å². The molecule has 1 fully saturated rings. The second-order valence-corrected chi connectivity index (χ2v) is 7.81. The predicted octanol–water partition coefficient (Wildman–Crippen LogP) is 4.61. The number of carbonyl (C=O) groups is 2. The minimum atomic E-state index is -0.492. The zero-order valence-electron chi connectivity index (χ0n) is 16.6. The van der Waals surface area contributed by atoms with E-state index >= 15 is 0 Å². The lowest BCUT2D eigenvalue weighted by Crippen LogP contribution is -2.37. The highest BCUT2D eigenvalue weighted by atomic mass is 35.5. The number of hydrogen-bond donors (Lipinski definition) is 3. The van der Waals surface area contributed by atoms with E-state index in [1.165, 1.54) is 31.4 Å². The van der Waals surface area contributed by atoms with Crippen molar-refractivity contribution in [1.82, 2.24) is 10.6 Å². The zero-order valence-corrected chi connectivity index (χ0v) is 18.1. The minimum absolute atomic E-state index is 0.0692. The average Bonchev–Trinajstić information content (AvgIpc) is 3.17. The molecule has 1 aliphatic carbocycles. The Labute approximate surface area is 189 Å². The molecule has 10 heteroatoms. The van der Waals surface area contributed by atoms with Gasteiger partial charge in [-0.15, -0.1) is 0 Å². The number of rotatable bonds is 4. The van der Waals surface area contributed by atoms with Crippen LogP contribution in [0.2, 0.25) is 10.0 Å². The maximum atomic E-state index is 13.2. The maximum Gasteiger partial charge on any atom is 0.407 e. The maximum absolute atomic E-state index is 13.2. The first-order valence-corrected chi connectivity index (χ1v) is 10.3. The second kappa shape index (κ2) is 10.5. The molecule has 3 N–H and O–H groups in total. The minimum Gasteiger partial charge on any atom is -0.453 e. The first-order valence-electron chi connectivity index (χ1n) is 9.55. The Hall–Kier alpha value is -2.84. The summed E-state index contributed by atoms with van der Waals surface area (Å²) in [5.74, 6) is -0.681. The summed E-state index contributed by atoms with van der Waals surface area (Å²) in [5.41, 5.74) is 0.858. The number of methoxy groups -OCH3 is 1. The number of aliphatic imine (C=N–C) groups is 1. The summed E-state index contributed by atoms with van der Waals surface area (Å²) in [6.45, 7) is 0. The molecule has 0 bridgehead atoms. The van der Waals surface area contributed by atoms with Gasteiger partial charge >= 0.3 is 6.09 Å². The van der Waals surface area contributed by atoms with E-state index in [0.29, 0.717) is 28.6 Å². The molecule has 7 nitrogen and oxygen atoms in total.